The van der Waals surface area contributed by atoms with Crippen LogP contribution in [0.4, 0.5) is 28.0 Å². The third-order valence-electron chi connectivity index (χ3n) is 3.22. The molecule has 0 heterocycles. The van der Waals surface area contributed by atoms with Crippen molar-refractivity contribution in [2.75, 3.05) is 5.32 Å². The summed E-state index contributed by atoms with van der Waals surface area (Å²) in [6.07, 6.45) is -4.59. The summed E-state index contributed by atoms with van der Waals surface area (Å²) >= 11 is 0. The van der Waals surface area contributed by atoms with Crippen LogP contribution >= 0.6 is 0 Å². The Morgan fingerprint density at radius 2 is 1.83 bits per heavy atom. The van der Waals surface area contributed by atoms with E-state index in [0.717, 1.165) is 18.2 Å². The maximum atomic E-state index is 13.5. The van der Waals surface area contributed by atoms with E-state index < -0.39 is 30.2 Å². The number of alkyl halides is 3. The highest BCUT2D eigenvalue weighted by Gasteiger charge is 2.33. The van der Waals surface area contributed by atoms with Crippen molar-refractivity contribution in [3.63, 3.8) is 0 Å². The second kappa shape index (κ2) is 7.31. The number of urea groups is 1. The van der Waals surface area contributed by atoms with Crippen LogP contribution in [0.5, 0.6) is 0 Å². The number of aliphatic hydroxyl groups is 1. The fourth-order valence-electron chi connectivity index (χ4n) is 2.02. The third kappa shape index (κ3) is 4.45. The van der Waals surface area contributed by atoms with Gasteiger partial charge in [0, 0.05) is 12.1 Å². The molecule has 2 aromatic carbocycles. The highest BCUT2D eigenvalue weighted by Crippen LogP contribution is 2.34. The minimum atomic E-state index is -4.59. The van der Waals surface area contributed by atoms with Crippen LogP contribution in [0.15, 0.2) is 42.5 Å². The molecule has 0 unspecified atom stereocenters. The van der Waals surface area contributed by atoms with Gasteiger partial charge in [-0.2, -0.15) is 13.2 Å². The van der Waals surface area contributed by atoms with Gasteiger partial charge < -0.3 is 15.7 Å². The minimum Gasteiger partial charge on any atom is -0.392 e. The van der Waals surface area contributed by atoms with Crippen LogP contribution in [-0.4, -0.2) is 11.1 Å². The molecular weight excluding hydrogens is 328 g/mol. The summed E-state index contributed by atoms with van der Waals surface area (Å²) in [5.74, 6) is -0.625. The molecule has 0 radical (unpaired) electrons. The number of amides is 2. The summed E-state index contributed by atoms with van der Waals surface area (Å²) in [7, 11) is 0. The number of carbonyl (C=O) groups excluding carboxylic acids is 1. The largest absolute Gasteiger partial charge is 0.418 e. The standard InChI is InChI=1S/C16H14F4N2O2/c17-13-7-10(5-6-11(13)9-23)8-21-15(24)22-14-4-2-1-3-12(14)16(18,19)20/h1-7,23H,8-9H2,(H2,21,22,24). The van der Waals surface area contributed by atoms with E-state index in [2.05, 4.69) is 10.6 Å². The van der Waals surface area contributed by atoms with Gasteiger partial charge in [0.1, 0.15) is 5.82 Å². The monoisotopic (exact) mass is 342 g/mol. The number of hydrogen-bond acceptors (Lipinski definition) is 2. The molecule has 2 aromatic rings. The Morgan fingerprint density at radius 3 is 2.46 bits per heavy atom. The first-order valence-electron chi connectivity index (χ1n) is 6.90. The first kappa shape index (κ1) is 17.7. The summed E-state index contributed by atoms with van der Waals surface area (Å²) in [6.45, 7) is -0.531. The highest BCUT2D eigenvalue weighted by atomic mass is 19.4. The normalized spacial score (nSPS) is 11.2. The van der Waals surface area contributed by atoms with Crippen LogP contribution in [-0.2, 0) is 19.3 Å². The van der Waals surface area contributed by atoms with E-state index in [1.165, 1.54) is 24.3 Å². The summed E-state index contributed by atoms with van der Waals surface area (Å²) in [4.78, 5) is 11.7. The van der Waals surface area contributed by atoms with Gasteiger partial charge in [0.25, 0.3) is 0 Å². The molecule has 0 aliphatic carbocycles. The minimum absolute atomic E-state index is 0.0807. The number of anilines is 1. The summed E-state index contributed by atoms with van der Waals surface area (Å²) in [5, 5.41) is 13.3. The van der Waals surface area contributed by atoms with E-state index in [0.29, 0.717) is 5.56 Å². The molecule has 0 spiro atoms. The molecule has 0 bridgehead atoms. The van der Waals surface area contributed by atoms with Crippen LogP contribution in [0.3, 0.4) is 0 Å². The molecule has 0 aliphatic rings. The molecular formula is C16H14F4N2O2. The highest BCUT2D eigenvalue weighted by molar-refractivity contribution is 5.90. The van der Waals surface area contributed by atoms with Gasteiger partial charge in [-0.3, -0.25) is 0 Å². The third-order valence-corrected chi connectivity index (χ3v) is 3.22. The number of para-hydroxylation sites is 1. The SMILES string of the molecule is O=C(NCc1ccc(CO)c(F)c1)Nc1ccccc1C(F)(F)F. The molecule has 24 heavy (non-hydrogen) atoms. The van der Waals surface area contributed by atoms with Gasteiger partial charge in [-0.1, -0.05) is 24.3 Å². The fourth-order valence-corrected chi connectivity index (χ4v) is 2.02. The Bertz CT molecular complexity index is 732. The average molecular weight is 342 g/mol. The van der Waals surface area contributed by atoms with Crippen molar-refractivity contribution < 1.29 is 27.5 Å². The van der Waals surface area contributed by atoms with Crippen LogP contribution in [0.25, 0.3) is 0 Å². The molecule has 4 nitrogen and oxygen atoms in total. The van der Waals surface area contributed by atoms with Crippen molar-refractivity contribution in [1.29, 1.82) is 0 Å². The predicted octanol–water partition coefficient (Wildman–Crippen LogP) is 3.66. The van der Waals surface area contributed by atoms with Crippen molar-refractivity contribution in [1.82, 2.24) is 5.32 Å². The molecule has 3 N–H and O–H groups in total. The molecule has 0 aromatic heterocycles. The lowest BCUT2D eigenvalue weighted by molar-refractivity contribution is -0.136. The number of rotatable bonds is 4. The van der Waals surface area contributed by atoms with Crippen molar-refractivity contribution in [3.8, 4) is 0 Å². The second-order valence-electron chi connectivity index (χ2n) is 4.93. The molecule has 8 heteroatoms. The van der Waals surface area contributed by atoms with Gasteiger partial charge in [-0.25, -0.2) is 9.18 Å². The first-order valence-corrected chi connectivity index (χ1v) is 6.90. The van der Waals surface area contributed by atoms with Crippen molar-refractivity contribution >= 4 is 11.7 Å². The number of benzene rings is 2. The molecule has 2 rings (SSSR count). The van der Waals surface area contributed by atoms with Gasteiger partial charge >= 0.3 is 12.2 Å². The van der Waals surface area contributed by atoms with Crippen LogP contribution in [0.2, 0.25) is 0 Å². The van der Waals surface area contributed by atoms with Crippen molar-refractivity contribution in [2.24, 2.45) is 0 Å². The van der Waals surface area contributed by atoms with Crippen molar-refractivity contribution in [3.05, 3.63) is 65.0 Å². The smallest absolute Gasteiger partial charge is 0.392 e. The van der Waals surface area contributed by atoms with E-state index in [9.17, 15) is 22.4 Å². The van der Waals surface area contributed by atoms with Crippen LogP contribution < -0.4 is 10.6 Å². The van der Waals surface area contributed by atoms with Gasteiger partial charge in [0.15, 0.2) is 0 Å². The topological polar surface area (TPSA) is 61.4 Å². The van der Waals surface area contributed by atoms with Crippen LogP contribution in [0.1, 0.15) is 16.7 Å². The van der Waals surface area contributed by atoms with Crippen molar-refractivity contribution in [2.45, 2.75) is 19.3 Å². The number of carbonyl (C=O) groups is 1. The number of aliphatic hydroxyl groups excluding tert-OH is 1. The Morgan fingerprint density at radius 1 is 1.12 bits per heavy atom. The zero-order chi connectivity index (χ0) is 17.7. The Kier molecular flexibility index (Phi) is 5.40. The van der Waals surface area contributed by atoms with Gasteiger partial charge in [-0.05, 0) is 23.8 Å². The van der Waals surface area contributed by atoms with Gasteiger partial charge in [0.2, 0.25) is 0 Å². The van der Waals surface area contributed by atoms with E-state index >= 15 is 0 Å². The maximum absolute atomic E-state index is 13.5. The maximum Gasteiger partial charge on any atom is 0.418 e. The zero-order valence-corrected chi connectivity index (χ0v) is 12.3. The lowest BCUT2D eigenvalue weighted by atomic mass is 10.1. The predicted molar refractivity (Wildman–Crippen MR) is 79.6 cm³/mol. The molecule has 0 aliphatic heterocycles. The number of hydrogen-bond donors (Lipinski definition) is 3. The lowest BCUT2D eigenvalue weighted by Gasteiger charge is -2.14. The second-order valence-corrected chi connectivity index (χ2v) is 4.93. The molecule has 128 valence electrons. The average Bonchev–Trinajstić information content (AvgIpc) is 2.52. The zero-order valence-electron chi connectivity index (χ0n) is 12.3. The van der Waals surface area contributed by atoms with Gasteiger partial charge in [0.05, 0.1) is 17.9 Å². The van der Waals surface area contributed by atoms with Crippen LogP contribution in [0, 0.1) is 5.82 Å². The Balaban J connectivity index is 2.01. The number of halogens is 4. The summed E-state index contributed by atoms with van der Waals surface area (Å²) < 4.78 is 52.0. The van der Waals surface area contributed by atoms with E-state index in [4.69, 9.17) is 5.11 Å². The van der Waals surface area contributed by atoms with E-state index in [1.807, 2.05) is 0 Å². The lowest BCUT2D eigenvalue weighted by Crippen LogP contribution is -2.29. The molecule has 0 saturated heterocycles. The molecule has 2 amide bonds. The Hall–Kier alpha value is -2.61. The first-order chi connectivity index (χ1) is 11.3. The quantitative estimate of drug-likeness (QED) is 0.743. The molecule has 0 atom stereocenters. The molecule has 0 fully saturated rings. The van der Waals surface area contributed by atoms with Gasteiger partial charge in [-0.15, -0.1) is 0 Å². The van der Waals surface area contributed by atoms with E-state index in [1.54, 1.807) is 0 Å². The van der Waals surface area contributed by atoms with E-state index in [-0.39, 0.29) is 17.8 Å². The molecule has 0 saturated carbocycles. The summed E-state index contributed by atoms with van der Waals surface area (Å²) in [6, 6.07) is 7.73. The number of nitrogens with one attached hydrogen (secondary N) is 2. The fraction of sp³-hybridized carbons (Fsp3) is 0.188. The summed E-state index contributed by atoms with van der Waals surface area (Å²) in [5.41, 5.74) is -0.811. The Labute approximate surface area is 135 Å².